The van der Waals surface area contributed by atoms with E-state index in [2.05, 4.69) is 15.3 Å². The van der Waals surface area contributed by atoms with Gasteiger partial charge in [0.1, 0.15) is 5.82 Å². The summed E-state index contributed by atoms with van der Waals surface area (Å²) in [6.45, 7) is 0. The highest BCUT2D eigenvalue weighted by atomic mass is 16.2. The van der Waals surface area contributed by atoms with Gasteiger partial charge in [-0.15, -0.1) is 0 Å². The first-order valence-corrected chi connectivity index (χ1v) is 5.61. The minimum Gasteiger partial charge on any atom is -0.351 e. The maximum atomic E-state index is 11.7. The molecule has 0 aromatic carbocycles. The number of nitrogens with zero attached hydrogens (tertiary/aromatic N) is 3. The van der Waals surface area contributed by atoms with Crippen molar-refractivity contribution in [1.29, 1.82) is 0 Å². The van der Waals surface area contributed by atoms with Gasteiger partial charge in [0.05, 0.1) is 5.69 Å². The van der Waals surface area contributed by atoms with Crippen molar-refractivity contribution in [1.82, 2.24) is 9.97 Å². The Hall–Kier alpha value is -3.16. The SMILES string of the molecule is NC(=O)Nc1cccnc1N(C(N)=O)c1ccccn1. The van der Waals surface area contributed by atoms with Crippen molar-refractivity contribution in [3.05, 3.63) is 42.7 Å². The minimum atomic E-state index is -0.782. The second kappa shape index (κ2) is 5.65. The number of urea groups is 2. The number of rotatable bonds is 3. The van der Waals surface area contributed by atoms with Crippen LogP contribution in [0.2, 0.25) is 0 Å². The number of primary amides is 2. The highest BCUT2D eigenvalue weighted by molar-refractivity contribution is 6.01. The van der Waals surface area contributed by atoms with E-state index in [1.807, 2.05) is 0 Å². The molecular formula is C12H12N6O2. The maximum absolute atomic E-state index is 11.7. The molecule has 2 rings (SSSR count). The van der Waals surface area contributed by atoms with Crippen LogP contribution >= 0.6 is 0 Å². The van der Waals surface area contributed by atoms with Crippen molar-refractivity contribution in [3.63, 3.8) is 0 Å². The van der Waals surface area contributed by atoms with Crippen LogP contribution in [0.25, 0.3) is 0 Å². The summed E-state index contributed by atoms with van der Waals surface area (Å²) in [4.78, 5) is 31.8. The first-order valence-electron chi connectivity index (χ1n) is 5.61. The van der Waals surface area contributed by atoms with E-state index in [0.717, 1.165) is 4.90 Å². The topological polar surface area (TPSA) is 127 Å². The van der Waals surface area contributed by atoms with E-state index in [-0.39, 0.29) is 17.3 Å². The van der Waals surface area contributed by atoms with Crippen LogP contribution in [0.4, 0.5) is 26.9 Å². The van der Waals surface area contributed by atoms with E-state index in [4.69, 9.17) is 11.5 Å². The van der Waals surface area contributed by atoms with Crippen LogP contribution in [0.1, 0.15) is 0 Å². The molecule has 0 aliphatic heterocycles. The van der Waals surface area contributed by atoms with Gasteiger partial charge < -0.3 is 16.8 Å². The molecule has 4 amide bonds. The highest BCUT2D eigenvalue weighted by Gasteiger charge is 2.21. The molecule has 0 spiro atoms. The number of anilines is 3. The van der Waals surface area contributed by atoms with E-state index in [9.17, 15) is 9.59 Å². The number of aromatic nitrogens is 2. The predicted octanol–water partition coefficient (Wildman–Crippen LogP) is 1.18. The molecule has 2 heterocycles. The number of pyridine rings is 2. The molecule has 102 valence electrons. The van der Waals surface area contributed by atoms with Gasteiger partial charge in [0.15, 0.2) is 5.82 Å². The van der Waals surface area contributed by atoms with Crippen LogP contribution in [0, 0.1) is 0 Å². The molecule has 5 N–H and O–H groups in total. The fourth-order valence-electron chi connectivity index (χ4n) is 1.62. The summed E-state index contributed by atoms with van der Waals surface area (Å²) < 4.78 is 0. The molecule has 0 bridgehead atoms. The van der Waals surface area contributed by atoms with E-state index in [1.54, 1.807) is 30.3 Å². The summed E-state index contributed by atoms with van der Waals surface area (Å²) >= 11 is 0. The lowest BCUT2D eigenvalue weighted by Gasteiger charge is -2.20. The average Bonchev–Trinajstić information content (AvgIpc) is 2.41. The van der Waals surface area contributed by atoms with Crippen LogP contribution in [-0.4, -0.2) is 22.0 Å². The van der Waals surface area contributed by atoms with Crippen LogP contribution in [0.3, 0.4) is 0 Å². The fourth-order valence-corrected chi connectivity index (χ4v) is 1.62. The fraction of sp³-hybridized carbons (Fsp3) is 0. The van der Waals surface area contributed by atoms with Gasteiger partial charge in [-0.2, -0.15) is 0 Å². The van der Waals surface area contributed by atoms with E-state index < -0.39 is 12.1 Å². The van der Waals surface area contributed by atoms with Crippen molar-refractivity contribution in [3.8, 4) is 0 Å². The van der Waals surface area contributed by atoms with Gasteiger partial charge in [0, 0.05) is 12.4 Å². The van der Waals surface area contributed by atoms with E-state index >= 15 is 0 Å². The van der Waals surface area contributed by atoms with Crippen LogP contribution < -0.4 is 21.7 Å². The molecule has 20 heavy (non-hydrogen) atoms. The molecule has 2 aromatic heterocycles. The number of amides is 4. The van der Waals surface area contributed by atoms with E-state index in [0.29, 0.717) is 0 Å². The van der Waals surface area contributed by atoms with Crippen molar-refractivity contribution < 1.29 is 9.59 Å². The number of nitrogens with one attached hydrogen (secondary N) is 1. The Balaban J connectivity index is 2.51. The lowest BCUT2D eigenvalue weighted by molar-refractivity contribution is 0.255. The first kappa shape index (κ1) is 13.3. The van der Waals surface area contributed by atoms with Crippen LogP contribution in [0.15, 0.2) is 42.7 Å². The van der Waals surface area contributed by atoms with Gasteiger partial charge in [0.2, 0.25) is 0 Å². The number of nitrogens with two attached hydrogens (primary N) is 2. The molecule has 0 aliphatic carbocycles. The summed E-state index contributed by atoms with van der Waals surface area (Å²) in [5.74, 6) is 0.420. The molecule has 8 nitrogen and oxygen atoms in total. The van der Waals surface area contributed by atoms with Crippen molar-refractivity contribution >= 4 is 29.4 Å². The van der Waals surface area contributed by atoms with Crippen molar-refractivity contribution in [2.75, 3.05) is 10.2 Å². The maximum Gasteiger partial charge on any atom is 0.326 e. The zero-order valence-corrected chi connectivity index (χ0v) is 10.4. The minimum absolute atomic E-state index is 0.137. The van der Waals surface area contributed by atoms with E-state index in [1.165, 1.54) is 12.4 Å². The Morgan fingerprint density at radius 2 is 1.80 bits per heavy atom. The van der Waals surface area contributed by atoms with Gasteiger partial charge in [-0.05, 0) is 24.3 Å². The third-order valence-electron chi connectivity index (χ3n) is 2.36. The molecular weight excluding hydrogens is 260 g/mol. The standard InChI is InChI=1S/C12H12N6O2/c13-11(19)17-8-4-3-7-16-10(8)18(12(14)20)9-5-1-2-6-15-9/h1-7H,(H2,14,20)(H3,13,17,19). The summed E-state index contributed by atoms with van der Waals surface area (Å²) in [6, 6.07) is 6.57. The number of carbonyl (C=O) groups excluding carboxylic acids is 2. The Morgan fingerprint density at radius 3 is 2.40 bits per heavy atom. The summed E-state index contributed by atoms with van der Waals surface area (Å²) in [6.07, 6.45) is 2.97. The Bertz CT molecular complexity index is 631. The summed E-state index contributed by atoms with van der Waals surface area (Å²) in [5, 5.41) is 2.38. The lowest BCUT2D eigenvalue weighted by atomic mass is 10.3. The van der Waals surface area contributed by atoms with Crippen molar-refractivity contribution in [2.45, 2.75) is 0 Å². The van der Waals surface area contributed by atoms with Gasteiger partial charge >= 0.3 is 12.1 Å². The molecule has 0 unspecified atom stereocenters. The molecule has 0 saturated heterocycles. The molecule has 0 aliphatic rings. The normalized spacial score (nSPS) is 9.80. The van der Waals surface area contributed by atoms with Gasteiger partial charge in [-0.3, -0.25) is 0 Å². The molecule has 0 radical (unpaired) electrons. The quantitative estimate of drug-likeness (QED) is 0.775. The number of carbonyl (C=O) groups is 2. The highest BCUT2D eigenvalue weighted by Crippen LogP contribution is 2.28. The second-order valence-electron chi connectivity index (χ2n) is 3.73. The van der Waals surface area contributed by atoms with Crippen molar-refractivity contribution in [2.24, 2.45) is 11.5 Å². The molecule has 2 aromatic rings. The predicted molar refractivity (Wildman–Crippen MR) is 73.4 cm³/mol. The van der Waals surface area contributed by atoms with Gasteiger partial charge in [-0.1, -0.05) is 6.07 Å². The second-order valence-corrected chi connectivity index (χ2v) is 3.73. The third-order valence-corrected chi connectivity index (χ3v) is 2.36. The van der Waals surface area contributed by atoms with Crippen LogP contribution in [0.5, 0.6) is 0 Å². The monoisotopic (exact) mass is 272 g/mol. The third kappa shape index (κ3) is 2.80. The number of hydrogen-bond donors (Lipinski definition) is 3. The lowest BCUT2D eigenvalue weighted by Crippen LogP contribution is -2.34. The average molecular weight is 272 g/mol. The Kier molecular flexibility index (Phi) is 3.75. The zero-order chi connectivity index (χ0) is 14.5. The molecule has 0 fully saturated rings. The summed E-state index contributed by atoms with van der Waals surface area (Å²) in [5.41, 5.74) is 10.7. The molecule has 0 saturated carbocycles. The Labute approximate surface area is 114 Å². The first-order chi connectivity index (χ1) is 9.59. The van der Waals surface area contributed by atoms with Crippen LogP contribution in [-0.2, 0) is 0 Å². The smallest absolute Gasteiger partial charge is 0.326 e. The number of hydrogen-bond acceptors (Lipinski definition) is 4. The molecule has 8 heteroatoms. The summed E-state index contributed by atoms with van der Waals surface area (Å²) in [7, 11) is 0. The Morgan fingerprint density at radius 1 is 1.05 bits per heavy atom. The van der Waals surface area contributed by atoms with Gasteiger partial charge in [0.25, 0.3) is 0 Å². The van der Waals surface area contributed by atoms with Gasteiger partial charge in [-0.25, -0.2) is 24.5 Å². The zero-order valence-electron chi connectivity index (χ0n) is 10.4. The molecule has 0 atom stereocenters. The largest absolute Gasteiger partial charge is 0.351 e.